The topological polar surface area (TPSA) is 59.1 Å². The van der Waals surface area contributed by atoms with E-state index in [1.807, 2.05) is 18.2 Å². The summed E-state index contributed by atoms with van der Waals surface area (Å²) in [7, 11) is 0. The van der Waals surface area contributed by atoms with Crippen molar-refractivity contribution < 1.29 is 14.6 Å². The Bertz CT molecular complexity index is 896. The van der Waals surface area contributed by atoms with Crippen LogP contribution >= 0.6 is 11.3 Å². The fourth-order valence-electron chi connectivity index (χ4n) is 2.32. The normalized spacial score (nSPS) is 17.2. The zero-order chi connectivity index (χ0) is 14.4. The van der Waals surface area contributed by atoms with E-state index in [0.717, 1.165) is 16.0 Å². The fourth-order valence-corrected chi connectivity index (χ4v) is 3.45. The van der Waals surface area contributed by atoms with Gasteiger partial charge in [-0.15, -0.1) is 11.3 Å². The van der Waals surface area contributed by atoms with Gasteiger partial charge >= 0.3 is 0 Å². The molecule has 2 heterocycles. The van der Waals surface area contributed by atoms with Crippen molar-refractivity contribution >= 4 is 31.5 Å². The molecule has 2 aromatic carbocycles. The first-order valence-electron chi connectivity index (χ1n) is 6.65. The van der Waals surface area contributed by atoms with Crippen LogP contribution in [0.25, 0.3) is 20.2 Å². The molecule has 0 saturated carbocycles. The lowest BCUT2D eigenvalue weighted by atomic mass is 10.1. The second kappa shape index (κ2) is 4.72. The average Bonchev–Trinajstić information content (AvgIpc) is 3.29. The zero-order valence-corrected chi connectivity index (χ0v) is 11.9. The van der Waals surface area contributed by atoms with Crippen LogP contribution in [0.2, 0.25) is 0 Å². The van der Waals surface area contributed by atoms with Gasteiger partial charge in [0.25, 0.3) is 0 Å². The molecule has 5 heteroatoms. The van der Waals surface area contributed by atoms with E-state index in [9.17, 15) is 9.90 Å². The lowest BCUT2D eigenvalue weighted by Crippen LogP contribution is -2.05. The Morgan fingerprint density at radius 3 is 2.90 bits per heavy atom. The summed E-state index contributed by atoms with van der Waals surface area (Å²) in [5.41, 5.74) is -0.145. The van der Waals surface area contributed by atoms with Crippen molar-refractivity contribution in [3.63, 3.8) is 0 Å². The second-order valence-electron chi connectivity index (χ2n) is 5.01. The minimum absolute atomic E-state index is 0.0359. The van der Waals surface area contributed by atoms with Crippen molar-refractivity contribution in [2.75, 3.05) is 13.2 Å². The van der Waals surface area contributed by atoms with Crippen LogP contribution < -0.4 is 10.2 Å². The van der Waals surface area contributed by atoms with Gasteiger partial charge in [0, 0.05) is 20.9 Å². The molecule has 0 bridgehead atoms. The van der Waals surface area contributed by atoms with Gasteiger partial charge in [0.15, 0.2) is 5.43 Å². The predicted molar refractivity (Wildman–Crippen MR) is 82.5 cm³/mol. The van der Waals surface area contributed by atoms with Crippen molar-refractivity contribution in [3.8, 4) is 11.5 Å². The maximum atomic E-state index is 12.5. The number of phenols is 1. The number of phenolic OH excluding ortho intramolecular Hbond substituents is 1. The summed E-state index contributed by atoms with van der Waals surface area (Å²) in [6.45, 7) is 1.19. The van der Waals surface area contributed by atoms with Gasteiger partial charge < -0.3 is 14.6 Å². The molecular weight excluding hydrogens is 288 g/mol. The smallest absolute Gasteiger partial charge is 0.199 e. The molecule has 0 spiro atoms. The standard InChI is InChI=1S/C16H12O4S/c17-12-5-9(19-7-10-8-20-10)6-14-15(12)16(18)11-3-1-2-4-13(11)21-14/h1-6,10,17H,7-8H2. The van der Waals surface area contributed by atoms with E-state index in [-0.39, 0.29) is 17.3 Å². The zero-order valence-electron chi connectivity index (χ0n) is 11.0. The number of aromatic hydroxyl groups is 1. The Balaban J connectivity index is 1.90. The van der Waals surface area contributed by atoms with Crippen molar-refractivity contribution in [3.05, 3.63) is 46.6 Å². The van der Waals surface area contributed by atoms with Gasteiger partial charge in [-0.1, -0.05) is 12.1 Å². The summed E-state index contributed by atoms with van der Waals surface area (Å²) in [5, 5.41) is 11.2. The van der Waals surface area contributed by atoms with Crippen LogP contribution in [-0.4, -0.2) is 24.4 Å². The number of ether oxygens (including phenoxy) is 2. The molecule has 3 aromatic rings. The molecule has 0 radical (unpaired) electrons. The number of hydrogen-bond acceptors (Lipinski definition) is 5. The molecule has 1 aliphatic heterocycles. The Labute approximate surface area is 124 Å². The molecule has 1 aromatic heterocycles. The predicted octanol–water partition coefficient (Wildman–Crippen LogP) is 2.90. The van der Waals surface area contributed by atoms with Gasteiger partial charge in [0.05, 0.1) is 12.0 Å². The number of fused-ring (bicyclic) bond motifs is 2. The molecular formula is C16H12O4S. The largest absolute Gasteiger partial charge is 0.507 e. The van der Waals surface area contributed by atoms with Gasteiger partial charge in [-0.2, -0.15) is 0 Å². The van der Waals surface area contributed by atoms with Crippen molar-refractivity contribution in [1.29, 1.82) is 0 Å². The van der Waals surface area contributed by atoms with Crippen LogP contribution in [0, 0.1) is 0 Å². The summed E-state index contributed by atoms with van der Waals surface area (Å²) >= 11 is 1.47. The minimum Gasteiger partial charge on any atom is -0.507 e. The molecule has 1 N–H and O–H groups in total. The van der Waals surface area contributed by atoms with Crippen LogP contribution in [0.15, 0.2) is 41.2 Å². The quantitative estimate of drug-likeness (QED) is 0.597. The van der Waals surface area contributed by atoms with E-state index >= 15 is 0 Å². The summed E-state index contributed by atoms with van der Waals surface area (Å²) in [4.78, 5) is 12.5. The molecule has 21 heavy (non-hydrogen) atoms. The van der Waals surface area contributed by atoms with E-state index in [1.165, 1.54) is 17.4 Å². The number of benzene rings is 2. The molecule has 1 aliphatic rings. The third kappa shape index (κ3) is 2.24. The highest BCUT2D eigenvalue weighted by Crippen LogP contribution is 2.33. The first kappa shape index (κ1) is 12.6. The highest BCUT2D eigenvalue weighted by atomic mass is 32.1. The van der Waals surface area contributed by atoms with Crippen LogP contribution in [-0.2, 0) is 4.74 Å². The van der Waals surface area contributed by atoms with E-state index in [4.69, 9.17) is 9.47 Å². The molecule has 4 nitrogen and oxygen atoms in total. The Morgan fingerprint density at radius 2 is 2.10 bits per heavy atom. The average molecular weight is 300 g/mol. The summed E-state index contributed by atoms with van der Waals surface area (Å²) < 4.78 is 12.3. The van der Waals surface area contributed by atoms with Gasteiger partial charge in [-0.25, -0.2) is 0 Å². The summed E-state index contributed by atoms with van der Waals surface area (Å²) in [5.74, 6) is 0.521. The van der Waals surface area contributed by atoms with Crippen LogP contribution in [0.3, 0.4) is 0 Å². The minimum atomic E-state index is -0.145. The lowest BCUT2D eigenvalue weighted by molar-refractivity contribution is 0.262. The van der Waals surface area contributed by atoms with E-state index < -0.39 is 0 Å². The molecule has 4 rings (SSSR count). The highest BCUT2D eigenvalue weighted by molar-refractivity contribution is 7.24. The van der Waals surface area contributed by atoms with E-state index in [0.29, 0.717) is 23.1 Å². The van der Waals surface area contributed by atoms with Crippen molar-refractivity contribution in [2.45, 2.75) is 6.10 Å². The molecule has 1 saturated heterocycles. The molecule has 1 atom stereocenters. The molecule has 0 amide bonds. The van der Waals surface area contributed by atoms with Gasteiger partial charge in [-0.05, 0) is 18.2 Å². The van der Waals surface area contributed by atoms with Crippen LogP contribution in [0.5, 0.6) is 11.5 Å². The molecule has 1 unspecified atom stereocenters. The SMILES string of the molecule is O=c1c2ccccc2sc2cc(OCC3CO3)cc(O)c12. The number of rotatable bonds is 3. The van der Waals surface area contributed by atoms with Crippen molar-refractivity contribution in [2.24, 2.45) is 0 Å². The second-order valence-corrected chi connectivity index (χ2v) is 6.09. The Hall–Kier alpha value is -2.11. The van der Waals surface area contributed by atoms with Crippen LogP contribution in [0.1, 0.15) is 0 Å². The van der Waals surface area contributed by atoms with E-state index in [2.05, 4.69) is 0 Å². The maximum Gasteiger partial charge on any atom is 0.199 e. The number of epoxide rings is 1. The highest BCUT2D eigenvalue weighted by Gasteiger charge is 2.23. The first-order valence-corrected chi connectivity index (χ1v) is 7.47. The molecule has 0 aliphatic carbocycles. The van der Waals surface area contributed by atoms with E-state index in [1.54, 1.807) is 12.1 Å². The Morgan fingerprint density at radius 1 is 1.29 bits per heavy atom. The monoisotopic (exact) mass is 300 g/mol. The maximum absolute atomic E-state index is 12.5. The number of hydrogen-bond donors (Lipinski definition) is 1. The summed E-state index contributed by atoms with van der Waals surface area (Å²) in [6, 6.07) is 10.7. The first-order chi connectivity index (χ1) is 10.2. The van der Waals surface area contributed by atoms with Gasteiger partial charge in [-0.3, -0.25) is 4.79 Å². The third-order valence-corrected chi connectivity index (χ3v) is 4.59. The summed E-state index contributed by atoms with van der Waals surface area (Å²) in [6.07, 6.45) is 0.151. The van der Waals surface area contributed by atoms with Gasteiger partial charge in [0.1, 0.15) is 24.2 Å². The van der Waals surface area contributed by atoms with Gasteiger partial charge in [0.2, 0.25) is 0 Å². The fraction of sp³-hybridized carbons (Fsp3) is 0.188. The van der Waals surface area contributed by atoms with Crippen molar-refractivity contribution in [1.82, 2.24) is 0 Å². The lowest BCUT2D eigenvalue weighted by Gasteiger charge is -2.08. The third-order valence-electron chi connectivity index (χ3n) is 3.47. The molecule has 1 fully saturated rings. The Kier molecular flexibility index (Phi) is 2.83. The van der Waals surface area contributed by atoms with Crippen LogP contribution in [0.4, 0.5) is 0 Å². The molecule has 106 valence electrons.